The molecule has 9 heteroatoms. The molecule has 2 amide bonds. The van der Waals surface area contributed by atoms with E-state index in [1.54, 1.807) is 25.1 Å². The Morgan fingerprint density at radius 2 is 1.50 bits per heavy atom. The van der Waals surface area contributed by atoms with E-state index in [0.29, 0.717) is 29.2 Å². The van der Waals surface area contributed by atoms with Crippen molar-refractivity contribution in [2.24, 2.45) is 5.92 Å². The lowest BCUT2D eigenvalue weighted by atomic mass is 10.1. The lowest BCUT2D eigenvalue weighted by molar-refractivity contribution is -0.140. The zero-order valence-electron chi connectivity index (χ0n) is 23.7. The quantitative estimate of drug-likeness (QED) is 0.295. The van der Waals surface area contributed by atoms with Gasteiger partial charge >= 0.3 is 0 Å². The minimum Gasteiger partial charge on any atom is -0.354 e. The van der Waals surface area contributed by atoms with Gasteiger partial charge in [0.2, 0.25) is 11.8 Å². The van der Waals surface area contributed by atoms with Gasteiger partial charge in [0, 0.05) is 18.1 Å². The van der Waals surface area contributed by atoms with Crippen LogP contribution < -0.4 is 9.62 Å². The normalized spacial score (nSPS) is 12.2. The minimum absolute atomic E-state index is 0.0140. The Morgan fingerprint density at radius 3 is 2.08 bits per heavy atom. The molecule has 1 atom stereocenters. The van der Waals surface area contributed by atoms with Gasteiger partial charge in [0.25, 0.3) is 10.0 Å². The lowest BCUT2D eigenvalue weighted by Crippen LogP contribution is -2.52. The van der Waals surface area contributed by atoms with E-state index in [-0.39, 0.29) is 23.3 Å². The Balaban J connectivity index is 2.07. The van der Waals surface area contributed by atoms with E-state index in [1.807, 2.05) is 58.0 Å². The maximum Gasteiger partial charge on any atom is 0.264 e. The van der Waals surface area contributed by atoms with E-state index >= 15 is 0 Å². The maximum atomic E-state index is 14.1. The molecule has 1 N–H and O–H groups in total. The molecule has 0 saturated heterocycles. The third kappa shape index (κ3) is 7.64. The van der Waals surface area contributed by atoms with Gasteiger partial charge in [0.1, 0.15) is 12.6 Å². The van der Waals surface area contributed by atoms with Crippen molar-refractivity contribution in [2.45, 2.75) is 58.5 Å². The molecular weight excluding hydrogens is 546 g/mol. The van der Waals surface area contributed by atoms with Crippen LogP contribution in [0.25, 0.3) is 0 Å². The molecule has 214 valence electrons. The summed E-state index contributed by atoms with van der Waals surface area (Å²) >= 11 is 6.02. The van der Waals surface area contributed by atoms with Crippen LogP contribution in [0, 0.1) is 19.8 Å². The van der Waals surface area contributed by atoms with Crippen molar-refractivity contribution in [2.75, 3.05) is 17.4 Å². The van der Waals surface area contributed by atoms with E-state index in [1.165, 1.54) is 29.2 Å². The van der Waals surface area contributed by atoms with Crippen LogP contribution in [0.1, 0.15) is 43.9 Å². The number of hydrogen-bond donors (Lipinski definition) is 1. The summed E-state index contributed by atoms with van der Waals surface area (Å²) in [6, 6.07) is 19.7. The van der Waals surface area contributed by atoms with Gasteiger partial charge < -0.3 is 10.2 Å². The van der Waals surface area contributed by atoms with E-state index in [0.717, 1.165) is 15.4 Å². The highest BCUT2D eigenvalue weighted by atomic mass is 35.5. The highest BCUT2D eigenvalue weighted by molar-refractivity contribution is 7.92. The number of aryl methyl sites for hydroxylation is 2. The largest absolute Gasteiger partial charge is 0.354 e. The summed E-state index contributed by atoms with van der Waals surface area (Å²) in [4.78, 5) is 29.0. The number of anilines is 1. The second-order valence-corrected chi connectivity index (χ2v) is 12.6. The molecule has 0 aromatic heterocycles. The Morgan fingerprint density at radius 1 is 0.900 bits per heavy atom. The number of nitrogens with zero attached hydrogens (tertiary/aromatic N) is 2. The van der Waals surface area contributed by atoms with Crippen molar-refractivity contribution in [3.05, 3.63) is 94.5 Å². The predicted octanol–water partition coefficient (Wildman–Crippen LogP) is 5.73. The lowest BCUT2D eigenvalue weighted by Gasteiger charge is -2.34. The molecule has 0 fully saturated rings. The van der Waals surface area contributed by atoms with Gasteiger partial charge in [-0.15, -0.1) is 0 Å². The fourth-order valence-electron chi connectivity index (χ4n) is 4.40. The summed E-state index contributed by atoms with van der Waals surface area (Å²) in [6.45, 7) is 9.75. The third-order valence-corrected chi connectivity index (χ3v) is 8.76. The number of amides is 2. The zero-order valence-corrected chi connectivity index (χ0v) is 25.3. The topological polar surface area (TPSA) is 86.8 Å². The van der Waals surface area contributed by atoms with Gasteiger partial charge in [0.05, 0.1) is 10.6 Å². The summed E-state index contributed by atoms with van der Waals surface area (Å²) < 4.78 is 29.0. The summed E-state index contributed by atoms with van der Waals surface area (Å²) in [7, 11) is -4.15. The van der Waals surface area contributed by atoms with Gasteiger partial charge in [-0.3, -0.25) is 13.9 Å². The molecule has 0 radical (unpaired) electrons. The number of rotatable bonds is 12. The van der Waals surface area contributed by atoms with Crippen molar-refractivity contribution in [1.29, 1.82) is 0 Å². The van der Waals surface area contributed by atoms with Crippen LogP contribution in [-0.4, -0.2) is 44.3 Å². The van der Waals surface area contributed by atoms with Crippen LogP contribution in [0.4, 0.5) is 5.69 Å². The number of nitrogens with one attached hydrogen (secondary N) is 1. The van der Waals surface area contributed by atoms with E-state index in [9.17, 15) is 18.0 Å². The molecule has 3 aromatic carbocycles. The first-order valence-corrected chi connectivity index (χ1v) is 15.2. The zero-order chi connectivity index (χ0) is 29.4. The molecule has 0 saturated carbocycles. The SMILES string of the molecule is CC[C@H](C(=O)NCC(C)C)N(Cc1ccccc1C)C(=O)CN(c1ccccc1C)S(=O)(=O)c1ccc(Cl)cc1. The number of benzene rings is 3. The molecule has 3 rings (SSSR count). The number of carbonyl (C=O) groups excluding carboxylic acids is 2. The predicted molar refractivity (Wildman–Crippen MR) is 161 cm³/mol. The summed E-state index contributed by atoms with van der Waals surface area (Å²) in [5, 5.41) is 3.35. The van der Waals surface area contributed by atoms with Crippen LogP contribution in [0.2, 0.25) is 5.02 Å². The summed E-state index contributed by atoms with van der Waals surface area (Å²) in [5.74, 6) is -0.500. The Hall–Kier alpha value is -3.36. The van der Waals surface area contributed by atoms with Crippen LogP contribution >= 0.6 is 11.6 Å². The average Bonchev–Trinajstić information content (AvgIpc) is 2.92. The molecule has 3 aromatic rings. The first-order valence-electron chi connectivity index (χ1n) is 13.4. The number of halogens is 1. The standard InChI is InChI=1S/C31H38ClN3O4S/c1-6-28(31(37)33-19-22(2)3)34(20-25-13-9-7-11-23(25)4)30(36)21-35(29-14-10-8-12-24(29)5)40(38,39)27-17-15-26(32)16-18-27/h7-18,22,28H,6,19-21H2,1-5H3,(H,33,37)/t28-/m1/s1. The minimum atomic E-state index is -4.15. The molecular formula is C31H38ClN3O4S. The Labute approximate surface area is 243 Å². The third-order valence-electron chi connectivity index (χ3n) is 6.74. The van der Waals surface area contributed by atoms with Crippen LogP contribution in [0.5, 0.6) is 0 Å². The molecule has 0 spiro atoms. The first-order chi connectivity index (χ1) is 18.9. The number of hydrogen-bond acceptors (Lipinski definition) is 4. The first kappa shape index (κ1) is 31.2. The van der Waals surface area contributed by atoms with Crippen molar-refractivity contribution >= 4 is 39.1 Å². The smallest absolute Gasteiger partial charge is 0.264 e. The molecule has 0 bridgehead atoms. The number of carbonyl (C=O) groups is 2. The highest BCUT2D eigenvalue weighted by Gasteiger charge is 2.34. The van der Waals surface area contributed by atoms with Gasteiger partial charge in [-0.25, -0.2) is 8.42 Å². The Kier molecular flexibility index (Phi) is 10.8. The average molecular weight is 584 g/mol. The van der Waals surface area contributed by atoms with Crippen molar-refractivity contribution in [1.82, 2.24) is 10.2 Å². The van der Waals surface area contributed by atoms with Crippen molar-refractivity contribution in [3.63, 3.8) is 0 Å². The van der Waals surface area contributed by atoms with Crippen molar-refractivity contribution in [3.8, 4) is 0 Å². The molecule has 0 aliphatic heterocycles. The molecule has 0 unspecified atom stereocenters. The Bertz CT molecular complexity index is 1420. The molecule has 7 nitrogen and oxygen atoms in total. The van der Waals surface area contributed by atoms with Gasteiger partial charge in [0.15, 0.2) is 0 Å². The summed E-state index contributed by atoms with van der Waals surface area (Å²) in [6.07, 6.45) is 0.371. The van der Waals surface area contributed by atoms with E-state index in [4.69, 9.17) is 11.6 Å². The second kappa shape index (κ2) is 13.8. The van der Waals surface area contributed by atoms with Crippen LogP contribution in [-0.2, 0) is 26.2 Å². The van der Waals surface area contributed by atoms with Crippen molar-refractivity contribution < 1.29 is 18.0 Å². The van der Waals surface area contributed by atoms with Gasteiger partial charge in [-0.05, 0) is 73.2 Å². The van der Waals surface area contributed by atoms with E-state index in [2.05, 4.69) is 5.32 Å². The summed E-state index contributed by atoms with van der Waals surface area (Å²) in [5.41, 5.74) is 2.94. The maximum absolute atomic E-state index is 14.1. The second-order valence-electron chi connectivity index (χ2n) is 10.3. The fourth-order valence-corrected chi connectivity index (χ4v) is 6.01. The fraction of sp³-hybridized carbons (Fsp3) is 0.355. The molecule has 40 heavy (non-hydrogen) atoms. The van der Waals surface area contributed by atoms with E-state index < -0.39 is 28.5 Å². The highest BCUT2D eigenvalue weighted by Crippen LogP contribution is 2.28. The van der Waals surface area contributed by atoms with Crippen LogP contribution in [0.15, 0.2) is 77.7 Å². The van der Waals surface area contributed by atoms with Gasteiger partial charge in [-0.2, -0.15) is 0 Å². The monoisotopic (exact) mass is 583 g/mol. The molecule has 0 aliphatic carbocycles. The van der Waals surface area contributed by atoms with Gasteiger partial charge in [-0.1, -0.05) is 74.8 Å². The molecule has 0 heterocycles. The molecule has 0 aliphatic rings. The van der Waals surface area contributed by atoms with Crippen LogP contribution in [0.3, 0.4) is 0 Å². The number of sulfonamides is 1. The number of para-hydroxylation sites is 1.